The first-order valence-electron chi connectivity index (χ1n) is 7.63. The fourth-order valence-corrected chi connectivity index (χ4v) is 3.36. The highest BCUT2D eigenvalue weighted by Crippen LogP contribution is 2.27. The fraction of sp³-hybridized carbons (Fsp3) is 0.263. The van der Waals surface area contributed by atoms with E-state index in [4.69, 9.17) is 5.11 Å². The molecule has 2 aromatic rings. The number of likely N-dealkylation sites (N-methyl/N-ethyl adjacent to an activating group) is 1. The predicted molar refractivity (Wildman–Crippen MR) is 96.5 cm³/mol. The summed E-state index contributed by atoms with van der Waals surface area (Å²) in [5.74, 6) is -0.545. The highest BCUT2D eigenvalue weighted by Gasteiger charge is 2.14. The van der Waals surface area contributed by atoms with Crippen molar-refractivity contribution in [3.63, 3.8) is 0 Å². The third-order valence-electron chi connectivity index (χ3n) is 3.62. The summed E-state index contributed by atoms with van der Waals surface area (Å²) in [6.07, 6.45) is 0. The topological polar surface area (TPSA) is 57.6 Å². The standard InChI is InChI=1S/C19H21NO3S/c1-13-7-8-17(14(2)9-13)24-12-15-5-4-6-16(10-15)19(23)20(3)11-18(21)22/h4-10H,11-12H2,1-3H3,(H,21,22). The summed E-state index contributed by atoms with van der Waals surface area (Å²) in [5, 5.41) is 8.79. The molecular formula is C19H21NO3S. The maximum atomic E-state index is 12.3. The monoisotopic (exact) mass is 343 g/mol. The SMILES string of the molecule is Cc1ccc(SCc2cccc(C(=O)N(C)CC(=O)O)c2)c(C)c1. The van der Waals surface area contributed by atoms with Gasteiger partial charge in [-0.25, -0.2) is 0 Å². The average molecular weight is 343 g/mol. The number of aryl methyl sites for hydroxylation is 2. The van der Waals surface area contributed by atoms with Gasteiger partial charge in [0.25, 0.3) is 5.91 Å². The summed E-state index contributed by atoms with van der Waals surface area (Å²) in [4.78, 5) is 25.4. The third kappa shape index (κ3) is 4.86. The van der Waals surface area contributed by atoms with Crippen LogP contribution in [0.5, 0.6) is 0 Å². The van der Waals surface area contributed by atoms with Crippen LogP contribution in [0.1, 0.15) is 27.0 Å². The number of nitrogens with zero attached hydrogens (tertiary/aromatic N) is 1. The van der Waals surface area contributed by atoms with Crippen LogP contribution < -0.4 is 0 Å². The van der Waals surface area contributed by atoms with Crippen LogP contribution >= 0.6 is 11.8 Å². The van der Waals surface area contributed by atoms with Crippen LogP contribution in [0.15, 0.2) is 47.4 Å². The number of hydrogen-bond donors (Lipinski definition) is 1. The summed E-state index contributed by atoms with van der Waals surface area (Å²) >= 11 is 1.73. The Morgan fingerprint density at radius 2 is 1.88 bits per heavy atom. The van der Waals surface area contributed by atoms with E-state index in [9.17, 15) is 9.59 Å². The van der Waals surface area contributed by atoms with E-state index in [1.807, 2.05) is 18.2 Å². The number of rotatable bonds is 6. The van der Waals surface area contributed by atoms with Crippen molar-refractivity contribution in [3.8, 4) is 0 Å². The van der Waals surface area contributed by atoms with Crippen molar-refractivity contribution >= 4 is 23.6 Å². The number of benzene rings is 2. The van der Waals surface area contributed by atoms with Gasteiger partial charge in [0.1, 0.15) is 6.54 Å². The van der Waals surface area contributed by atoms with Crippen molar-refractivity contribution in [1.29, 1.82) is 0 Å². The first kappa shape index (κ1) is 18.1. The Labute approximate surface area is 146 Å². The Balaban J connectivity index is 2.07. The van der Waals surface area contributed by atoms with Crippen LogP contribution in [0, 0.1) is 13.8 Å². The minimum absolute atomic E-state index is 0.282. The largest absolute Gasteiger partial charge is 0.480 e. The summed E-state index contributed by atoms with van der Waals surface area (Å²) in [5.41, 5.74) is 4.03. The van der Waals surface area contributed by atoms with Crippen molar-refractivity contribution in [1.82, 2.24) is 4.90 Å². The Bertz CT molecular complexity index is 758. The Morgan fingerprint density at radius 3 is 2.54 bits per heavy atom. The van der Waals surface area contributed by atoms with Gasteiger partial charge in [-0.2, -0.15) is 0 Å². The molecule has 0 saturated heterocycles. The van der Waals surface area contributed by atoms with Gasteiger partial charge in [0, 0.05) is 23.3 Å². The van der Waals surface area contributed by atoms with Crippen LogP contribution in [0.3, 0.4) is 0 Å². The molecule has 5 heteroatoms. The van der Waals surface area contributed by atoms with Gasteiger partial charge < -0.3 is 10.0 Å². The lowest BCUT2D eigenvalue weighted by molar-refractivity contribution is -0.137. The van der Waals surface area contributed by atoms with Crippen LogP contribution in [0.2, 0.25) is 0 Å². The van der Waals surface area contributed by atoms with E-state index < -0.39 is 5.97 Å². The molecule has 0 aromatic heterocycles. The molecule has 0 aliphatic heterocycles. The van der Waals surface area contributed by atoms with E-state index in [1.54, 1.807) is 17.8 Å². The molecule has 0 spiro atoms. The smallest absolute Gasteiger partial charge is 0.323 e. The maximum Gasteiger partial charge on any atom is 0.323 e. The maximum absolute atomic E-state index is 12.3. The first-order chi connectivity index (χ1) is 11.4. The number of thioether (sulfide) groups is 1. The van der Waals surface area contributed by atoms with E-state index in [0.29, 0.717) is 5.56 Å². The minimum atomic E-state index is -1.02. The zero-order valence-corrected chi connectivity index (χ0v) is 14.9. The minimum Gasteiger partial charge on any atom is -0.480 e. The van der Waals surface area contributed by atoms with Crippen molar-refractivity contribution < 1.29 is 14.7 Å². The lowest BCUT2D eigenvalue weighted by Crippen LogP contribution is -2.31. The van der Waals surface area contributed by atoms with Gasteiger partial charge in [0.2, 0.25) is 0 Å². The molecule has 126 valence electrons. The molecule has 0 unspecified atom stereocenters. The van der Waals surface area contributed by atoms with Crippen LogP contribution in [0.4, 0.5) is 0 Å². The van der Waals surface area contributed by atoms with Crippen LogP contribution in [-0.4, -0.2) is 35.5 Å². The quantitative estimate of drug-likeness (QED) is 0.812. The summed E-state index contributed by atoms with van der Waals surface area (Å²) < 4.78 is 0. The number of carbonyl (C=O) groups excluding carboxylic acids is 1. The van der Waals surface area contributed by atoms with Crippen molar-refractivity contribution in [2.75, 3.05) is 13.6 Å². The lowest BCUT2D eigenvalue weighted by atomic mass is 10.1. The van der Waals surface area contributed by atoms with Gasteiger partial charge in [-0.15, -0.1) is 11.8 Å². The molecule has 2 aromatic carbocycles. The van der Waals surface area contributed by atoms with Crippen LogP contribution in [-0.2, 0) is 10.5 Å². The predicted octanol–water partition coefficient (Wildman–Crippen LogP) is 3.75. The molecule has 2 rings (SSSR count). The number of amides is 1. The number of carbonyl (C=O) groups is 2. The summed E-state index contributed by atoms with van der Waals surface area (Å²) in [7, 11) is 1.49. The number of hydrogen-bond acceptors (Lipinski definition) is 3. The Hall–Kier alpha value is -2.27. The van der Waals surface area contributed by atoms with Crippen LogP contribution in [0.25, 0.3) is 0 Å². The molecule has 0 radical (unpaired) electrons. The number of aliphatic carboxylic acids is 1. The van der Waals surface area contributed by atoms with E-state index in [1.165, 1.54) is 28.0 Å². The summed E-state index contributed by atoms with van der Waals surface area (Å²) in [6, 6.07) is 13.7. The zero-order valence-electron chi connectivity index (χ0n) is 14.1. The second kappa shape index (κ2) is 8.02. The zero-order chi connectivity index (χ0) is 17.7. The molecule has 0 bridgehead atoms. The molecule has 0 saturated carbocycles. The van der Waals surface area contributed by atoms with Gasteiger partial charge >= 0.3 is 5.97 Å². The normalized spacial score (nSPS) is 10.5. The van der Waals surface area contributed by atoms with E-state index in [-0.39, 0.29) is 12.5 Å². The van der Waals surface area contributed by atoms with Crippen molar-refractivity contribution in [3.05, 3.63) is 64.7 Å². The molecular weight excluding hydrogens is 322 g/mol. The second-order valence-electron chi connectivity index (χ2n) is 5.81. The highest BCUT2D eigenvalue weighted by atomic mass is 32.2. The second-order valence-corrected chi connectivity index (χ2v) is 6.83. The van der Waals surface area contributed by atoms with E-state index in [2.05, 4.69) is 32.0 Å². The third-order valence-corrected chi connectivity index (χ3v) is 4.86. The molecule has 0 aliphatic carbocycles. The van der Waals surface area contributed by atoms with Gasteiger partial charge in [-0.1, -0.05) is 29.8 Å². The highest BCUT2D eigenvalue weighted by molar-refractivity contribution is 7.98. The fourth-order valence-electron chi connectivity index (χ4n) is 2.41. The Morgan fingerprint density at radius 1 is 1.12 bits per heavy atom. The van der Waals surface area contributed by atoms with Gasteiger partial charge in [0.15, 0.2) is 0 Å². The molecule has 24 heavy (non-hydrogen) atoms. The summed E-state index contributed by atoms with van der Waals surface area (Å²) in [6.45, 7) is 3.86. The van der Waals surface area contributed by atoms with E-state index in [0.717, 1.165) is 11.3 Å². The lowest BCUT2D eigenvalue weighted by Gasteiger charge is -2.15. The number of carboxylic acid groups (broad SMARTS) is 1. The molecule has 0 atom stereocenters. The molecule has 0 heterocycles. The molecule has 1 amide bonds. The number of carboxylic acids is 1. The molecule has 1 N–H and O–H groups in total. The molecule has 0 fully saturated rings. The average Bonchev–Trinajstić information content (AvgIpc) is 2.53. The van der Waals surface area contributed by atoms with Crippen molar-refractivity contribution in [2.24, 2.45) is 0 Å². The van der Waals surface area contributed by atoms with Gasteiger partial charge in [0.05, 0.1) is 0 Å². The molecule has 4 nitrogen and oxygen atoms in total. The molecule has 0 aliphatic rings. The van der Waals surface area contributed by atoms with Crippen molar-refractivity contribution in [2.45, 2.75) is 24.5 Å². The van der Waals surface area contributed by atoms with E-state index >= 15 is 0 Å². The first-order valence-corrected chi connectivity index (χ1v) is 8.61. The van der Waals surface area contributed by atoms with Gasteiger partial charge in [-0.05, 0) is 43.2 Å². The Kier molecular flexibility index (Phi) is 6.04. The van der Waals surface area contributed by atoms with Gasteiger partial charge in [-0.3, -0.25) is 9.59 Å².